The largest absolute Gasteiger partial charge is 0.385 e. The van der Waals surface area contributed by atoms with Crippen LogP contribution in [0.25, 0.3) is 0 Å². The number of rotatable bonds is 6. The lowest BCUT2D eigenvalue weighted by atomic mass is 10.2. The molecule has 2 aromatic rings. The molecule has 120 valence electrons. The van der Waals surface area contributed by atoms with Gasteiger partial charge in [0.15, 0.2) is 0 Å². The van der Waals surface area contributed by atoms with Gasteiger partial charge in [-0.1, -0.05) is 18.2 Å². The number of benzene rings is 1. The Bertz CT molecular complexity index is 673. The summed E-state index contributed by atoms with van der Waals surface area (Å²) in [5.74, 6) is 0.563. The summed E-state index contributed by atoms with van der Waals surface area (Å²) in [5.41, 5.74) is 2.54. The van der Waals surface area contributed by atoms with E-state index >= 15 is 0 Å². The SMILES string of the molecule is COCCCNc1cnc(C(=O)N2CCc3ccccc32)cn1. The standard InChI is InChI=1S/C17H20N4O2/c1-23-10-4-8-18-16-12-19-14(11-20-16)17(22)21-9-7-13-5-2-3-6-15(13)21/h2-3,5-6,11-12H,4,7-10H2,1H3,(H,18,20). The van der Waals surface area contributed by atoms with E-state index in [9.17, 15) is 4.79 Å². The van der Waals surface area contributed by atoms with Crippen LogP contribution in [0.5, 0.6) is 0 Å². The van der Waals surface area contributed by atoms with Crippen LogP contribution in [-0.4, -0.2) is 42.7 Å². The molecule has 0 fully saturated rings. The van der Waals surface area contributed by atoms with Gasteiger partial charge in [0.05, 0.1) is 12.4 Å². The fraction of sp³-hybridized carbons (Fsp3) is 0.353. The summed E-state index contributed by atoms with van der Waals surface area (Å²) in [6.07, 6.45) is 4.90. The maximum atomic E-state index is 12.6. The van der Waals surface area contributed by atoms with Gasteiger partial charge >= 0.3 is 0 Å². The highest BCUT2D eigenvalue weighted by atomic mass is 16.5. The highest BCUT2D eigenvalue weighted by Crippen LogP contribution is 2.28. The van der Waals surface area contributed by atoms with E-state index in [4.69, 9.17) is 4.74 Å². The van der Waals surface area contributed by atoms with Crippen molar-refractivity contribution in [3.05, 3.63) is 47.9 Å². The molecule has 1 aliphatic heterocycles. The molecule has 6 nitrogen and oxygen atoms in total. The minimum Gasteiger partial charge on any atom is -0.385 e. The van der Waals surface area contributed by atoms with Gasteiger partial charge in [-0.2, -0.15) is 0 Å². The smallest absolute Gasteiger partial charge is 0.278 e. The summed E-state index contributed by atoms with van der Waals surface area (Å²) in [7, 11) is 1.68. The van der Waals surface area contributed by atoms with Crippen molar-refractivity contribution < 1.29 is 9.53 Å². The Kier molecular flexibility index (Phi) is 4.83. The molecule has 0 bridgehead atoms. The summed E-state index contributed by atoms with van der Waals surface area (Å²) in [5, 5.41) is 3.15. The van der Waals surface area contributed by atoms with Crippen LogP contribution in [0.1, 0.15) is 22.5 Å². The summed E-state index contributed by atoms with van der Waals surface area (Å²) in [6.45, 7) is 2.15. The van der Waals surface area contributed by atoms with Crippen LogP contribution in [0.4, 0.5) is 11.5 Å². The number of nitrogens with one attached hydrogen (secondary N) is 1. The maximum absolute atomic E-state index is 12.6. The highest BCUT2D eigenvalue weighted by molar-refractivity contribution is 6.05. The monoisotopic (exact) mass is 312 g/mol. The molecular weight excluding hydrogens is 292 g/mol. The van der Waals surface area contributed by atoms with E-state index in [1.54, 1.807) is 18.2 Å². The normalized spacial score (nSPS) is 13.0. The first-order chi connectivity index (χ1) is 11.3. The highest BCUT2D eigenvalue weighted by Gasteiger charge is 2.25. The molecule has 0 aliphatic carbocycles. The molecule has 1 amide bonds. The van der Waals surface area contributed by atoms with E-state index < -0.39 is 0 Å². The molecule has 2 heterocycles. The molecular formula is C17H20N4O2. The Balaban J connectivity index is 1.65. The van der Waals surface area contributed by atoms with Crippen molar-refractivity contribution in [1.82, 2.24) is 9.97 Å². The van der Waals surface area contributed by atoms with Crippen molar-refractivity contribution in [2.45, 2.75) is 12.8 Å². The number of carbonyl (C=O) groups is 1. The molecule has 1 aromatic carbocycles. The number of anilines is 2. The summed E-state index contributed by atoms with van der Waals surface area (Å²) >= 11 is 0. The molecule has 0 radical (unpaired) electrons. The number of hydrogen-bond donors (Lipinski definition) is 1. The van der Waals surface area contributed by atoms with Gasteiger partial charge in [0.2, 0.25) is 0 Å². The second-order valence-corrected chi connectivity index (χ2v) is 5.40. The number of hydrogen-bond acceptors (Lipinski definition) is 5. The van der Waals surface area contributed by atoms with Crippen LogP contribution in [0, 0.1) is 0 Å². The number of aromatic nitrogens is 2. The van der Waals surface area contributed by atoms with Crippen molar-refractivity contribution in [2.24, 2.45) is 0 Å². The van der Waals surface area contributed by atoms with Crippen molar-refractivity contribution in [2.75, 3.05) is 37.0 Å². The third-order valence-electron chi connectivity index (χ3n) is 3.83. The minimum absolute atomic E-state index is 0.103. The predicted octanol–water partition coefficient (Wildman–Crippen LogP) is 2.13. The number of para-hydroxylation sites is 1. The van der Waals surface area contributed by atoms with Gasteiger partial charge < -0.3 is 15.0 Å². The Hall–Kier alpha value is -2.47. The van der Waals surface area contributed by atoms with E-state index in [-0.39, 0.29) is 5.91 Å². The number of carbonyl (C=O) groups excluding carboxylic acids is 1. The van der Waals surface area contributed by atoms with Crippen molar-refractivity contribution >= 4 is 17.4 Å². The fourth-order valence-electron chi connectivity index (χ4n) is 2.65. The average molecular weight is 312 g/mol. The van der Waals surface area contributed by atoms with Crippen LogP contribution in [-0.2, 0) is 11.2 Å². The van der Waals surface area contributed by atoms with Crippen LogP contribution < -0.4 is 10.2 Å². The van der Waals surface area contributed by atoms with Gasteiger partial charge in [-0.15, -0.1) is 0 Å². The third kappa shape index (κ3) is 3.48. The van der Waals surface area contributed by atoms with Gasteiger partial charge in [0.25, 0.3) is 5.91 Å². The van der Waals surface area contributed by atoms with Gasteiger partial charge in [-0.25, -0.2) is 9.97 Å². The zero-order chi connectivity index (χ0) is 16.1. The van der Waals surface area contributed by atoms with Crippen LogP contribution in [0.2, 0.25) is 0 Å². The molecule has 3 rings (SSSR count). The van der Waals surface area contributed by atoms with E-state index in [2.05, 4.69) is 21.4 Å². The second-order valence-electron chi connectivity index (χ2n) is 5.40. The minimum atomic E-state index is -0.103. The lowest BCUT2D eigenvalue weighted by Crippen LogP contribution is -2.29. The lowest BCUT2D eigenvalue weighted by Gasteiger charge is -2.16. The zero-order valence-electron chi connectivity index (χ0n) is 13.2. The topological polar surface area (TPSA) is 67.3 Å². The zero-order valence-corrected chi connectivity index (χ0v) is 13.2. The van der Waals surface area contributed by atoms with Gasteiger partial charge in [-0.05, 0) is 24.5 Å². The van der Waals surface area contributed by atoms with E-state index in [0.717, 1.165) is 25.1 Å². The Labute approximate surface area is 135 Å². The number of fused-ring (bicyclic) bond motifs is 1. The van der Waals surface area contributed by atoms with Crippen molar-refractivity contribution in [3.8, 4) is 0 Å². The van der Waals surface area contributed by atoms with Crippen molar-refractivity contribution in [3.63, 3.8) is 0 Å². The number of amides is 1. The first-order valence-corrected chi connectivity index (χ1v) is 7.74. The molecule has 0 saturated heterocycles. The van der Waals surface area contributed by atoms with E-state index in [0.29, 0.717) is 24.7 Å². The van der Waals surface area contributed by atoms with Crippen LogP contribution >= 0.6 is 0 Å². The maximum Gasteiger partial charge on any atom is 0.278 e. The summed E-state index contributed by atoms with van der Waals surface area (Å²) in [6, 6.07) is 7.97. The molecule has 1 aromatic heterocycles. The lowest BCUT2D eigenvalue weighted by molar-refractivity contribution is 0.0984. The Morgan fingerprint density at radius 3 is 2.96 bits per heavy atom. The molecule has 0 atom stereocenters. The van der Waals surface area contributed by atoms with Crippen LogP contribution in [0.3, 0.4) is 0 Å². The van der Waals surface area contributed by atoms with Gasteiger partial charge in [0.1, 0.15) is 11.5 Å². The molecule has 0 unspecified atom stereocenters. The fourth-order valence-corrected chi connectivity index (χ4v) is 2.65. The van der Waals surface area contributed by atoms with Crippen molar-refractivity contribution in [1.29, 1.82) is 0 Å². The third-order valence-corrected chi connectivity index (χ3v) is 3.83. The summed E-state index contributed by atoms with van der Waals surface area (Å²) < 4.78 is 4.99. The van der Waals surface area contributed by atoms with E-state index in [1.165, 1.54) is 11.8 Å². The molecule has 1 aliphatic rings. The van der Waals surface area contributed by atoms with E-state index in [1.807, 2.05) is 18.2 Å². The molecule has 1 N–H and O–H groups in total. The number of nitrogens with zero attached hydrogens (tertiary/aromatic N) is 3. The predicted molar refractivity (Wildman–Crippen MR) is 88.8 cm³/mol. The Morgan fingerprint density at radius 1 is 1.30 bits per heavy atom. The quantitative estimate of drug-likeness (QED) is 0.828. The first kappa shape index (κ1) is 15.4. The molecule has 0 spiro atoms. The number of ether oxygens (including phenoxy) is 1. The molecule has 0 saturated carbocycles. The molecule has 23 heavy (non-hydrogen) atoms. The van der Waals surface area contributed by atoms with Crippen LogP contribution in [0.15, 0.2) is 36.7 Å². The van der Waals surface area contributed by atoms with Gasteiger partial charge in [-0.3, -0.25) is 4.79 Å². The average Bonchev–Trinajstić information content (AvgIpc) is 3.03. The first-order valence-electron chi connectivity index (χ1n) is 7.74. The van der Waals surface area contributed by atoms with Gasteiger partial charge in [0, 0.05) is 32.5 Å². The summed E-state index contributed by atoms with van der Waals surface area (Å²) in [4.78, 5) is 22.9. The second kappa shape index (κ2) is 7.19. The Morgan fingerprint density at radius 2 is 2.17 bits per heavy atom. The number of methoxy groups -OCH3 is 1. The molecule has 6 heteroatoms.